The number of anilines is 1. The molecule has 4 rings (SSSR count). The summed E-state index contributed by atoms with van der Waals surface area (Å²) in [7, 11) is 0. The predicted octanol–water partition coefficient (Wildman–Crippen LogP) is 4.40. The molecule has 0 saturated heterocycles. The SMILES string of the molecule is CCn1nc(C(=O)Nc2ccccc2-c2cccs2)c2ccccc2c1=O. The van der Waals surface area contributed by atoms with Gasteiger partial charge in [-0.3, -0.25) is 9.59 Å². The maximum atomic E-state index is 13.0. The quantitative estimate of drug-likeness (QED) is 0.575. The van der Waals surface area contributed by atoms with E-state index >= 15 is 0 Å². The Morgan fingerprint density at radius 2 is 1.78 bits per heavy atom. The largest absolute Gasteiger partial charge is 0.320 e. The van der Waals surface area contributed by atoms with Crippen LogP contribution in [0.3, 0.4) is 0 Å². The molecule has 5 nitrogen and oxygen atoms in total. The lowest BCUT2D eigenvalue weighted by Gasteiger charge is -2.12. The Balaban J connectivity index is 1.80. The number of aryl methyl sites for hydroxylation is 1. The van der Waals surface area contributed by atoms with Gasteiger partial charge in [0, 0.05) is 28.1 Å². The number of hydrogen-bond donors (Lipinski definition) is 1. The number of amides is 1. The van der Waals surface area contributed by atoms with Gasteiger partial charge in [0.25, 0.3) is 11.5 Å². The molecule has 0 fully saturated rings. The average Bonchev–Trinajstić information content (AvgIpc) is 3.23. The number of fused-ring (bicyclic) bond motifs is 1. The van der Waals surface area contributed by atoms with Gasteiger partial charge < -0.3 is 5.32 Å². The second-order valence-corrected chi connectivity index (χ2v) is 6.94. The van der Waals surface area contributed by atoms with Crippen LogP contribution in [0.25, 0.3) is 21.2 Å². The second kappa shape index (κ2) is 7.17. The van der Waals surface area contributed by atoms with Crippen LogP contribution in [0.5, 0.6) is 0 Å². The standard InChI is InChI=1S/C21H17N3O2S/c1-2-24-21(26)15-9-4-3-8-14(15)19(23-24)20(25)22-17-11-6-5-10-16(17)18-12-7-13-27-18/h3-13H,2H2,1H3,(H,22,25). The van der Waals surface area contributed by atoms with Crippen molar-refractivity contribution >= 4 is 33.7 Å². The molecule has 0 aliphatic heterocycles. The molecule has 0 saturated carbocycles. The number of carbonyl (C=O) groups is 1. The summed E-state index contributed by atoms with van der Waals surface area (Å²) < 4.78 is 1.32. The Morgan fingerprint density at radius 3 is 2.52 bits per heavy atom. The van der Waals surface area contributed by atoms with E-state index < -0.39 is 0 Å². The van der Waals surface area contributed by atoms with Crippen molar-refractivity contribution in [3.63, 3.8) is 0 Å². The van der Waals surface area contributed by atoms with Crippen LogP contribution in [0.4, 0.5) is 5.69 Å². The number of benzene rings is 2. The summed E-state index contributed by atoms with van der Waals surface area (Å²) in [5, 5.41) is 10.3. The molecular formula is C21H17N3O2S. The third-order valence-electron chi connectivity index (χ3n) is 4.34. The fourth-order valence-electron chi connectivity index (χ4n) is 3.04. The van der Waals surface area contributed by atoms with Crippen molar-refractivity contribution in [3.05, 3.63) is 82.1 Å². The monoisotopic (exact) mass is 375 g/mol. The highest BCUT2D eigenvalue weighted by atomic mass is 32.1. The minimum absolute atomic E-state index is 0.191. The van der Waals surface area contributed by atoms with E-state index in [1.54, 1.807) is 35.6 Å². The van der Waals surface area contributed by atoms with E-state index in [0.29, 0.717) is 23.0 Å². The van der Waals surface area contributed by atoms with E-state index in [-0.39, 0.29) is 17.2 Å². The third kappa shape index (κ3) is 3.15. The van der Waals surface area contributed by atoms with E-state index in [1.165, 1.54) is 4.68 Å². The lowest BCUT2D eigenvalue weighted by atomic mass is 10.1. The van der Waals surface area contributed by atoms with Gasteiger partial charge in [0.15, 0.2) is 5.69 Å². The zero-order valence-corrected chi connectivity index (χ0v) is 15.5. The summed E-state index contributed by atoms with van der Waals surface area (Å²) in [5.74, 6) is -0.336. The van der Waals surface area contributed by atoms with Crippen LogP contribution in [0, 0.1) is 0 Å². The van der Waals surface area contributed by atoms with Crippen molar-refractivity contribution < 1.29 is 4.79 Å². The second-order valence-electron chi connectivity index (χ2n) is 5.99. The van der Waals surface area contributed by atoms with Gasteiger partial charge in [-0.2, -0.15) is 5.10 Å². The molecule has 0 unspecified atom stereocenters. The molecular weight excluding hydrogens is 358 g/mol. The van der Waals surface area contributed by atoms with Crippen LogP contribution in [-0.4, -0.2) is 15.7 Å². The van der Waals surface area contributed by atoms with E-state index in [1.807, 2.05) is 48.7 Å². The average molecular weight is 375 g/mol. The number of rotatable bonds is 4. The van der Waals surface area contributed by atoms with Crippen molar-refractivity contribution in [2.45, 2.75) is 13.5 Å². The third-order valence-corrected chi connectivity index (χ3v) is 5.25. The van der Waals surface area contributed by atoms with Crippen molar-refractivity contribution in [1.82, 2.24) is 9.78 Å². The molecule has 134 valence electrons. The molecule has 1 N–H and O–H groups in total. The van der Waals surface area contributed by atoms with Gasteiger partial charge in [0.05, 0.1) is 5.39 Å². The van der Waals surface area contributed by atoms with Gasteiger partial charge in [-0.1, -0.05) is 42.5 Å². The van der Waals surface area contributed by atoms with Crippen molar-refractivity contribution in [1.29, 1.82) is 0 Å². The number of nitrogens with one attached hydrogen (secondary N) is 1. The highest BCUT2D eigenvalue weighted by molar-refractivity contribution is 7.13. The number of hydrogen-bond acceptors (Lipinski definition) is 4. The van der Waals surface area contributed by atoms with Gasteiger partial charge in [-0.25, -0.2) is 4.68 Å². The number of nitrogens with zero attached hydrogens (tertiary/aromatic N) is 2. The van der Waals surface area contributed by atoms with Crippen LogP contribution in [-0.2, 0) is 6.54 Å². The highest BCUT2D eigenvalue weighted by Gasteiger charge is 2.17. The number of thiophene rings is 1. The molecule has 0 aliphatic carbocycles. The molecule has 6 heteroatoms. The summed E-state index contributed by atoms with van der Waals surface area (Å²) in [6, 6.07) is 18.7. The zero-order valence-electron chi connectivity index (χ0n) is 14.7. The van der Waals surface area contributed by atoms with E-state index in [4.69, 9.17) is 0 Å². The van der Waals surface area contributed by atoms with Crippen LogP contribution in [0.1, 0.15) is 17.4 Å². The van der Waals surface area contributed by atoms with Crippen molar-refractivity contribution in [3.8, 4) is 10.4 Å². The van der Waals surface area contributed by atoms with E-state index in [0.717, 1.165) is 10.4 Å². The summed E-state index contributed by atoms with van der Waals surface area (Å²) in [4.78, 5) is 26.6. The minimum Gasteiger partial charge on any atom is -0.320 e. The molecule has 2 aromatic heterocycles. The van der Waals surface area contributed by atoms with Gasteiger partial charge in [0.1, 0.15) is 0 Å². The minimum atomic E-state index is -0.336. The number of aromatic nitrogens is 2. The molecule has 2 aromatic carbocycles. The normalized spacial score (nSPS) is 10.9. The summed E-state index contributed by atoms with van der Waals surface area (Å²) in [6.07, 6.45) is 0. The lowest BCUT2D eigenvalue weighted by Crippen LogP contribution is -2.27. The molecule has 4 aromatic rings. The maximum Gasteiger partial charge on any atom is 0.276 e. The van der Waals surface area contributed by atoms with Gasteiger partial charge >= 0.3 is 0 Å². The molecule has 27 heavy (non-hydrogen) atoms. The molecule has 0 bridgehead atoms. The Labute approximate surface area is 159 Å². The Morgan fingerprint density at radius 1 is 1.04 bits per heavy atom. The molecule has 1 amide bonds. The van der Waals surface area contributed by atoms with Crippen molar-refractivity contribution in [2.75, 3.05) is 5.32 Å². The molecule has 0 radical (unpaired) electrons. The van der Waals surface area contributed by atoms with Crippen LogP contribution in [0.2, 0.25) is 0 Å². The number of carbonyl (C=O) groups excluding carboxylic acids is 1. The molecule has 0 spiro atoms. The van der Waals surface area contributed by atoms with Gasteiger partial charge in [-0.05, 0) is 30.5 Å². The Hall–Kier alpha value is -3.25. The topological polar surface area (TPSA) is 64.0 Å². The fourth-order valence-corrected chi connectivity index (χ4v) is 3.80. The first kappa shape index (κ1) is 17.2. The Bertz CT molecular complexity index is 1180. The van der Waals surface area contributed by atoms with E-state index in [2.05, 4.69) is 10.4 Å². The molecule has 2 heterocycles. The summed E-state index contributed by atoms with van der Waals surface area (Å²) in [5.41, 5.74) is 1.72. The first-order chi connectivity index (χ1) is 13.2. The van der Waals surface area contributed by atoms with Gasteiger partial charge in [-0.15, -0.1) is 11.3 Å². The number of para-hydroxylation sites is 1. The first-order valence-corrected chi connectivity index (χ1v) is 9.51. The van der Waals surface area contributed by atoms with E-state index in [9.17, 15) is 9.59 Å². The zero-order chi connectivity index (χ0) is 18.8. The van der Waals surface area contributed by atoms with Crippen LogP contribution in [0.15, 0.2) is 70.8 Å². The molecule has 0 atom stereocenters. The Kier molecular flexibility index (Phi) is 4.56. The maximum absolute atomic E-state index is 13.0. The van der Waals surface area contributed by atoms with Crippen molar-refractivity contribution in [2.24, 2.45) is 0 Å². The van der Waals surface area contributed by atoms with Crippen LogP contribution < -0.4 is 10.9 Å². The molecule has 0 aliphatic rings. The first-order valence-electron chi connectivity index (χ1n) is 8.63. The summed E-state index contributed by atoms with van der Waals surface area (Å²) >= 11 is 1.61. The predicted molar refractivity (Wildman–Crippen MR) is 109 cm³/mol. The smallest absolute Gasteiger partial charge is 0.276 e. The fraction of sp³-hybridized carbons (Fsp3) is 0.0952. The highest BCUT2D eigenvalue weighted by Crippen LogP contribution is 2.31. The van der Waals surface area contributed by atoms with Gasteiger partial charge in [0.2, 0.25) is 0 Å². The lowest BCUT2D eigenvalue weighted by molar-refractivity contribution is 0.102. The van der Waals surface area contributed by atoms with Crippen LogP contribution >= 0.6 is 11.3 Å². The summed E-state index contributed by atoms with van der Waals surface area (Å²) in [6.45, 7) is 2.23.